The van der Waals surface area contributed by atoms with E-state index < -0.39 is 0 Å². The van der Waals surface area contributed by atoms with Crippen LogP contribution < -0.4 is 0 Å². The van der Waals surface area contributed by atoms with Gasteiger partial charge in [0, 0.05) is 10.2 Å². The highest BCUT2D eigenvalue weighted by molar-refractivity contribution is 6.08. The van der Waals surface area contributed by atoms with Crippen LogP contribution in [-0.4, -0.2) is 10.2 Å². The maximum atomic E-state index is 2.30. The third kappa shape index (κ3) is 6.22. The van der Waals surface area contributed by atoms with Crippen LogP contribution >= 0.6 is 0 Å². The van der Waals surface area contributed by atoms with Crippen molar-refractivity contribution in [2.24, 2.45) is 5.41 Å². The average molecular weight is 116 g/mol. The molecule has 7 heavy (non-hydrogen) atoms. The smallest absolute Gasteiger partial charge is 0.00282 e. The molecule has 0 saturated heterocycles. The Balaban J connectivity index is 3.15. The molecule has 44 valence electrons. The van der Waals surface area contributed by atoms with E-state index in [1.54, 1.807) is 0 Å². The van der Waals surface area contributed by atoms with Crippen molar-refractivity contribution in [2.45, 2.75) is 33.2 Å². The molecule has 0 spiro atoms. The van der Waals surface area contributed by atoms with Gasteiger partial charge < -0.3 is 0 Å². The largest absolute Gasteiger partial charge is 0.0654 e. The first-order chi connectivity index (χ1) is 3.06. The summed E-state index contributed by atoms with van der Waals surface area (Å²) in [5, 5.41) is 0. The van der Waals surface area contributed by atoms with Gasteiger partial charge in [0.2, 0.25) is 0 Å². The topological polar surface area (TPSA) is 0 Å². The second-order valence-corrected chi connectivity index (χ2v) is 4.31. The van der Waals surface area contributed by atoms with Crippen molar-refractivity contribution in [3.8, 4) is 0 Å². The summed E-state index contributed by atoms with van der Waals surface area (Å²) in [5.74, 6) is 0. The zero-order valence-electron chi connectivity index (χ0n) is 5.91. The van der Waals surface area contributed by atoms with Crippen LogP contribution in [0.3, 0.4) is 0 Å². The minimum atomic E-state index is 0.585. The van der Waals surface area contributed by atoms with E-state index in [0.29, 0.717) is 5.41 Å². The van der Waals surface area contributed by atoms with Crippen LogP contribution in [0.5, 0.6) is 0 Å². The highest BCUT2D eigenvalue weighted by Crippen LogP contribution is 2.19. The Morgan fingerprint density at radius 2 is 1.71 bits per heavy atom. The van der Waals surface area contributed by atoms with Gasteiger partial charge in [-0.2, -0.15) is 0 Å². The standard InChI is InChI=1S/C6H16Si/c1-6(2,3)4-5-7/h4-5H2,1-3,7H3. The van der Waals surface area contributed by atoms with E-state index in [1.807, 2.05) is 0 Å². The Morgan fingerprint density at radius 1 is 1.29 bits per heavy atom. The third-order valence-corrected chi connectivity index (χ3v) is 1.50. The maximum absolute atomic E-state index is 2.30. The van der Waals surface area contributed by atoms with Gasteiger partial charge in [0.25, 0.3) is 0 Å². The van der Waals surface area contributed by atoms with Gasteiger partial charge in [0.05, 0.1) is 0 Å². The lowest BCUT2D eigenvalue weighted by Crippen LogP contribution is -2.02. The van der Waals surface area contributed by atoms with Crippen LogP contribution in [0, 0.1) is 5.41 Å². The van der Waals surface area contributed by atoms with Crippen molar-refractivity contribution in [3.05, 3.63) is 0 Å². The predicted octanol–water partition coefficient (Wildman–Crippen LogP) is 1.21. The normalized spacial score (nSPS) is 12.4. The lowest BCUT2D eigenvalue weighted by atomic mass is 9.94. The highest BCUT2D eigenvalue weighted by atomic mass is 28.1. The fourth-order valence-corrected chi connectivity index (χ4v) is 2.25. The molecule has 0 heterocycles. The SMILES string of the molecule is CC(C)(C)CC[SiH3]. The number of hydrogen-bond acceptors (Lipinski definition) is 0. The Labute approximate surface area is 49.7 Å². The lowest BCUT2D eigenvalue weighted by Gasteiger charge is -2.15. The quantitative estimate of drug-likeness (QED) is 0.452. The molecule has 0 unspecified atom stereocenters. The van der Waals surface area contributed by atoms with Gasteiger partial charge in [-0.05, 0) is 5.41 Å². The molecule has 0 fully saturated rings. The minimum Gasteiger partial charge on any atom is -0.0654 e. The zero-order valence-corrected chi connectivity index (χ0v) is 7.91. The lowest BCUT2D eigenvalue weighted by molar-refractivity contribution is 0.398. The minimum absolute atomic E-state index is 0.585. The third-order valence-electron chi connectivity index (χ3n) is 1.000. The molecule has 0 atom stereocenters. The predicted molar refractivity (Wildman–Crippen MR) is 38.8 cm³/mol. The Kier molecular flexibility index (Phi) is 2.58. The van der Waals surface area contributed by atoms with E-state index in [1.165, 1.54) is 22.7 Å². The molecule has 0 nitrogen and oxygen atoms in total. The maximum Gasteiger partial charge on any atom is 0.00282 e. The van der Waals surface area contributed by atoms with Crippen LogP contribution in [0.4, 0.5) is 0 Å². The molecule has 0 amide bonds. The summed E-state index contributed by atoms with van der Waals surface area (Å²) in [6.45, 7) is 6.89. The highest BCUT2D eigenvalue weighted by Gasteiger charge is 2.06. The van der Waals surface area contributed by atoms with Gasteiger partial charge in [-0.3, -0.25) is 0 Å². The molecule has 0 aliphatic heterocycles. The van der Waals surface area contributed by atoms with Gasteiger partial charge in [-0.15, -0.1) is 0 Å². The van der Waals surface area contributed by atoms with Crippen LogP contribution in [0.15, 0.2) is 0 Å². The van der Waals surface area contributed by atoms with Crippen molar-refractivity contribution >= 4 is 10.2 Å². The van der Waals surface area contributed by atoms with Gasteiger partial charge >= 0.3 is 0 Å². The van der Waals surface area contributed by atoms with Crippen LogP contribution in [0.25, 0.3) is 0 Å². The van der Waals surface area contributed by atoms with E-state index in [0.717, 1.165) is 0 Å². The molecule has 0 aromatic carbocycles. The van der Waals surface area contributed by atoms with Gasteiger partial charge in [0.15, 0.2) is 0 Å². The van der Waals surface area contributed by atoms with Crippen LogP contribution in [0.1, 0.15) is 27.2 Å². The molecule has 0 radical (unpaired) electrons. The first-order valence-corrected chi connectivity index (χ1v) is 4.47. The van der Waals surface area contributed by atoms with E-state index >= 15 is 0 Å². The molecule has 0 aliphatic rings. The molecule has 0 aliphatic carbocycles. The van der Waals surface area contributed by atoms with Crippen molar-refractivity contribution in [1.29, 1.82) is 0 Å². The molecular formula is C6H16Si. The molecule has 1 heteroatoms. The molecule has 0 N–H and O–H groups in total. The summed E-state index contributed by atoms with van der Waals surface area (Å²) < 4.78 is 0. The Bertz CT molecular complexity index is 42.6. The van der Waals surface area contributed by atoms with Gasteiger partial charge in [-0.25, -0.2) is 0 Å². The monoisotopic (exact) mass is 116 g/mol. The summed E-state index contributed by atoms with van der Waals surface area (Å²) >= 11 is 0. The summed E-state index contributed by atoms with van der Waals surface area (Å²) in [5.41, 5.74) is 0.585. The summed E-state index contributed by atoms with van der Waals surface area (Å²) in [4.78, 5) is 0. The second kappa shape index (κ2) is 2.51. The molecule has 0 aromatic rings. The molecule has 0 rings (SSSR count). The second-order valence-electron chi connectivity index (χ2n) is 3.31. The van der Waals surface area contributed by atoms with Gasteiger partial charge in [-0.1, -0.05) is 33.2 Å². The van der Waals surface area contributed by atoms with Gasteiger partial charge in [0.1, 0.15) is 0 Å². The van der Waals surface area contributed by atoms with Crippen molar-refractivity contribution < 1.29 is 0 Å². The first kappa shape index (κ1) is 7.22. The molecular weight excluding hydrogens is 100 g/mol. The van der Waals surface area contributed by atoms with E-state index in [-0.39, 0.29) is 0 Å². The van der Waals surface area contributed by atoms with E-state index in [4.69, 9.17) is 0 Å². The van der Waals surface area contributed by atoms with Crippen molar-refractivity contribution in [3.63, 3.8) is 0 Å². The van der Waals surface area contributed by atoms with Crippen molar-refractivity contribution in [1.82, 2.24) is 0 Å². The van der Waals surface area contributed by atoms with Crippen molar-refractivity contribution in [2.75, 3.05) is 0 Å². The zero-order chi connectivity index (χ0) is 5.91. The average Bonchev–Trinajstić information content (AvgIpc) is 1.30. The molecule has 0 bridgehead atoms. The fourth-order valence-electron chi connectivity index (χ4n) is 0.750. The van der Waals surface area contributed by atoms with E-state index in [9.17, 15) is 0 Å². The Morgan fingerprint density at radius 3 is 1.71 bits per heavy atom. The van der Waals surface area contributed by atoms with Crippen LogP contribution in [-0.2, 0) is 0 Å². The summed E-state index contributed by atoms with van der Waals surface area (Å²) in [6.07, 6.45) is 1.40. The Hall–Kier alpha value is 0.217. The number of hydrogen-bond donors (Lipinski definition) is 0. The molecule has 0 aromatic heterocycles. The first-order valence-electron chi connectivity index (χ1n) is 3.06. The fraction of sp³-hybridized carbons (Fsp3) is 1.00. The molecule has 0 saturated carbocycles. The van der Waals surface area contributed by atoms with Crippen LogP contribution in [0.2, 0.25) is 6.04 Å². The summed E-state index contributed by atoms with van der Waals surface area (Å²) in [6, 6.07) is 1.45. The number of rotatable bonds is 1. The van der Waals surface area contributed by atoms with E-state index in [2.05, 4.69) is 20.8 Å². The summed E-state index contributed by atoms with van der Waals surface area (Å²) in [7, 11) is 1.37.